The quantitative estimate of drug-likeness (QED) is 0.704. The van der Waals surface area contributed by atoms with Gasteiger partial charge in [-0.2, -0.15) is 0 Å². The molecule has 3 heteroatoms. The molecule has 1 aliphatic heterocycles. The van der Waals surface area contributed by atoms with Crippen molar-refractivity contribution >= 4 is 5.91 Å². The molecule has 2 rings (SSSR count). The molecule has 1 aromatic rings. The number of aryl methyl sites for hydroxylation is 1. The van der Waals surface area contributed by atoms with E-state index >= 15 is 0 Å². The van der Waals surface area contributed by atoms with Gasteiger partial charge in [-0.25, -0.2) is 5.32 Å². The molecule has 0 N–H and O–H groups in total. The van der Waals surface area contributed by atoms with E-state index in [0.717, 1.165) is 13.1 Å². The highest BCUT2D eigenvalue weighted by molar-refractivity contribution is 5.78. The normalized spacial score (nSPS) is 16.9. The Hall–Kier alpha value is -1.35. The van der Waals surface area contributed by atoms with Crippen molar-refractivity contribution in [3.05, 3.63) is 35.4 Å². The molecule has 79 valence electrons. The zero-order chi connectivity index (χ0) is 10.7. The largest absolute Gasteiger partial charge is 0.336 e. The van der Waals surface area contributed by atoms with Crippen LogP contribution in [0.3, 0.4) is 0 Å². The van der Waals surface area contributed by atoms with Crippen LogP contribution in [0.1, 0.15) is 11.1 Å². The minimum Gasteiger partial charge on any atom is -0.336 e. The molecule has 1 aliphatic rings. The van der Waals surface area contributed by atoms with Crippen LogP contribution in [0.2, 0.25) is 0 Å². The maximum atomic E-state index is 11.5. The highest BCUT2D eigenvalue weighted by Crippen LogP contribution is 2.08. The van der Waals surface area contributed by atoms with Gasteiger partial charge in [0.25, 0.3) is 0 Å². The summed E-state index contributed by atoms with van der Waals surface area (Å²) in [6.45, 7) is 4.67. The third-order valence-electron chi connectivity index (χ3n) is 2.62. The number of nitrogens with zero attached hydrogens (tertiary/aromatic N) is 2. The van der Waals surface area contributed by atoms with E-state index in [-0.39, 0.29) is 5.91 Å². The fourth-order valence-corrected chi connectivity index (χ4v) is 1.67. The molecule has 1 radical (unpaired) electrons. The lowest BCUT2D eigenvalue weighted by molar-refractivity contribution is -0.132. The van der Waals surface area contributed by atoms with Crippen LogP contribution >= 0.6 is 0 Å². The third-order valence-corrected chi connectivity index (χ3v) is 2.62. The second-order valence-electron chi connectivity index (χ2n) is 3.91. The lowest BCUT2D eigenvalue weighted by atomic mass is 10.1. The molecule has 1 saturated heterocycles. The second-order valence-corrected chi connectivity index (χ2v) is 3.91. The number of benzene rings is 1. The molecule has 3 nitrogen and oxygen atoms in total. The third kappa shape index (κ3) is 2.57. The van der Waals surface area contributed by atoms with Crippen molar-refractivity contribution in [3.63, 3.8) is 0 Å². The van der Waals surface area contributed by atoms with Crippen LogP contribution in [0.4, 0.5) is 0 Å². The van der Waals surface area contributed by atoms with Crippen LogP contribution in [0.15, 0.2) is 24.3 Å². The Labute approximate surface area is 90.1 Å². The molecule has 0 spiro atoms. The van der Waals surface area contributed by atoms with E-state index in [9.17, 15) is 4.79 Å². The summed E-state index contributed by atoms with van der Waals surface area (Å²) in [7, 11) is 0. The summed E-state index contributed by atoms with van der Waals surface area (Å²) in [5.74, 6) is 0.141. The molecule has 0 aromatic heterocycles. The summed E-state index contributed by atoms with van der Waals surface area (Å²) >= 11 is 0. The number of hydrogen-bond acceptors (Lipinski definition) is 1. The molecule has 0 atom stereocenters. The van der Waals surface area contributed by atoms with Gasteiger partial charge in [-0.15, -0.1) is 0 Å². The number of hydrogen-bond donors (Lipinski definition) is 0. The summed E-state index contributed by atoms with van der Waals surface area (Å²) in [5, 5.41) is 4.07. The van der Waals surface area contributed by atoms with Crippen molar-refractivity contribution in [1.29, 1.82) is 0 Å². The van der Waals surface area contributed by atoms with Gasteiger partial charge in [0.2, 0.25) is 5.91 Å². The summed E-state index contributed by atoms with van der Waals surface area (Å²) < 4.78 is 0. The van der Waals surface area contributed by atoms with Gasteiger partial charge >= 0.3 is 0 Å². The summed E-state index contributed by atoms with van der Waals surface area (Å²) in [6.07, 6.45) is 0. The molecular weight excluding hydrogens is 188 g/mol. The van der Waals surface area contributed by atoms with Gasteiger partial charge in [0, 0.05) is 19.6 Å². The topological polar surface area (TPSA) is 34.4 Å². The zero-order valence-electron chi connectivity index (χ0n) is 8.94. The van der Waals surface area contributed by atoms with Crippen molar-refractivity contribution in [3.8, 4) is 0 Å². The Morgan fingerprint density at radius 2 is 2.07 bits per heavy atom. The van der Waals surface area contributed by atoms with Crippen molar-refractivity contribution < 1.29 is 4.79 Å². The minimum absolute atomic E-state index is 0.141. The van der Waals surface area contributed by atoms with Crippen molar-refractivity contribution in [1.82, 2.24) is 10.2 Å². The standard InChI is InChI=1S/C12H15N2O/c1-10-2-4-11(5-3-10)9-14-7-6-13-8-12(14)15/h2-5H,6-9H2,1H3. The molecule has 1 aromatic carbocycles. The summed E-state index contributed by atoms with van der Waals surface area (Å²) in [5.41, 5.74) is 2.44. The average Bonchev–Trinajstić information content (AvgIpc) is 2.25. The maximum absolute atomic E-state index is 11.5. The Morgan fingerprint density at radius 1 is 1.33 bits per heavy atom. The fourth-order valence-electron chi connectivity index (χ4n) is 1.67. The summed E-state index contributed by atoms with van der Waals surface area (Å²) in [6, 6.07) is 8.31. The highest BCUT2D eigenvalue weighted by atomic mass is 16.2. The van der Waals surface area contributed by atoms with Crippen LogP contribution in [0.25, 0.3) is 0 Å². The van der Waals surface area contributed by atoms with Crippen molar-refractivity contribution in [2.45, 2.75) is 13.5 Å². The van der Waals surface area contributed by atoms with Crippen molar-refractivity contribution in [2.24, 2.45) is 0 Å². The Kier molecular flexibility index (Phi) is 3.02. The van der Waals surface area contributed by atoms with Gasteiger partial charge in [-0.05, 0) is 12.5 Å². The molecule has 1 heterocycles. The fraction of sp³-hybridized carbons (Fsp3) is 0.417. The molecule has 15 heavy (non-hydrogen) atoms. The molecule has 0 bridgehead atoms. The predicted molar refractivity (Wildman–Crippen MR) is 58.5 cm³/mol. The molecule has 0 unspecified atom stereocenters. The summed E-state index contributed by atoms with van der Waals surface area (Å²) in [4.78, 5) is 13.4. The smallest absolute Gasteiger partial charge is 0.238 e. The van der Waals surface area contributed by atoms with Gasteiger partial charge in [-0.3, -0.25) is 4.79 Å². The molecule has 1 amide bonds. The maximum Gasteiger partial charge on any atom is 0.238 e. The first-order valence-electron chi connectivity index (χ1n) is 5.22. The van der Waals surface area contributed by atoms with E-state index in [0.29, 0.717) is 13.1 Å². The SMILES string of the molecule is Cc1ccc(CN2CC[N]CC2=O)cc1. The average molecular weight is 203 g/mol. The van der Waals surface area contributed by atoms with E-state index in [1.165, 1.54) is 11.1 Å². The van der Waals surface area contributed by atoms with Crippen LogP contribution < -0.4 is 5.32 Å². The Balaban J connectivity index is 2.01. The highest BCUT2D eigenvalue weighted by Gasteiger charge is 2.17. The lowest BCUT2D eigenvalue weighted by Crippen LogP contribution is -2.44. The van der Waals surface area contributed by atoms with Gasteiger partial charge in [0.1, 0.15) is 0 Å². The Morgan fingerprint density at radius 3 is 2.73 bits per heavy atom. The van der Waals surface area contributed by atoms with Gasteiger partial charge in [-0.1, -0.05) is 29.8 Å². The number of piperazine rings is 1. The Bertz CT molecular complexity index is 345. The van der Waals surface area contributed by atoms with Crippen LogP contribution in [-0.4, -0.2) is 30.4 Å². The van der Waals surface area contributed by atoms with E-state index in [1.54, 1.807) is 0 Å². The number of carbonyl (C=O) groups excluding carboxylic acids is 1. The van der Waals surface area contributed by atoms with Crippen LogP contribution in [-0.2, 0) is 11.3 Å². The predicted octanol–water partition coefficient (Wildman–Crippen LogP) is 0.942. The van der Waals surface area contributed by atoms with Crippen molar-refractivity contribution in [2.75, 3.05) is 19.6 Å². The van der Waals surface area contributed by atoms with E-state index < -0.39 is 0 Å². The van der Waals surface area contributed by atoms with Gasteiger partial charge in [0.05, 0.1) is 6.54 Å². The van der Waals surface area contributed by atoms with Crippen LogP contribution in [0, 0.1) is 6.92 Å². The number of amides is 1. The van der Waals surface area contributed by atoms with Gasteiger partial charge < -0.3 is 4.90 Å². The molecular formula is C12H15N2O. The van der Waals surface area contributed by atoms with Gasteiger partial charge in [0.15, 0.2) is 0 Å². The molecule has 0 saturated carbocycles. The van der Waals surface area contributed by atoms with E-state index in [4.69, 9.17) is 0 Å². The number of carbonyl (C=O) groups is 1. The first kappa shape index (κ1) is 10.2. The zero-order valence-corrected chi connectivity index (χ0v) is 8.94. The molecule has 0 aliphatic carbocycles. The molecule has 1 fully saturated rings. The lowest BCUT2D eigenvalue weighted by Gasteiger charge is -2.26. The van der Waals surface area contributed by atoms with Crippen LogP contribution in [0.5, 0.6) is 0 Å². The minimum atomic E-state index is 0.141. The number of rotatable bonds is 2. The van der Waals surface area contributed by atoms with E-state index in [1.807, 2.05) is 4.90 Å². The first-order chi connectivity index (χ1) is 7.25. The van der Waals surface area contributed by atoms with E-state index in [2.05, 4.69) is 36.5 Å². The monoisotopic (exact) mass is 203 g/mol. The second kappa shape index (κ2) is 4.45. The first-order valence-corrected chi connectivity index (χ1v) is 5.22.